The van der Waals surface area contributed by atoms with E-state index in [0.717, 1.165) is 73.5 Å². The van der Waals surface area contributed by atoms with E-state index < -0.39 is 0 Å². The number of pyridine rings is 1. The molecule has 2 saturated heterocycles. The molecule has 6 rings (SSSR count). The van der Waals surface area contributed by atoms with Gasteiger partial charge in [0.25, 0.3) is 0 Å². The number of anilines is 2. The van der Waals surface area contributed by atoms with Crippen LogP contribution in [0.2, 0.25) is 0 Å². The Morgan fingerprint density at radius 3 is 2.66 bits per heavy atom. The maximum atomic E-state index is 6.28. The highest BCUT2D eigenvalue weighted by molar-refractivity contribution is 5.89. The highest BCUT2D eigenvalue weighted by atomic mass is 16.3. The molecular weight excluding hydrogens is 440 g/mol. The molecule has 5 N–H and O–H groups in total. The van der Waals surface area contributed by atoms with Crippen molar-refractivity contribution in [2.45, 2.75) is 31.7 Å². The van der Waals surface area contributed by atoms with Crippen LogP contribution in [0.4, 0.5) is 11.5 Å². The summed E-state index contributed by atoms with van der Waals surface area (Å²) in [6, 6.07) is 8.45. The van der Waals surface area contributed by atoms with Gasteiger partial charge in [0.15, 0.2) is 5.58 Å². The maximum absolute atomic E-state index is 6.28. The molecule has 5 heterocycles. The zero-order valence-corrected chi connectivity index (χ0v) is 19.8. The first-order chi connectivity index (χ1) is 17.2. The minimum atomic E-state index is 0.398. The van der Waals surface area contributed by atoms with E-state index in [1.807, 2.05) is 30.5 Å². The van der Waals surface area contributed by atoms with Crippen LogP contribution in [0.5, 0.6) is 0 Å². The molecule has 3 aromatic heterocycles. The molecule has 2 fully saturated rings. The second-order valence-electron chi connectivity index (χ2n) is 9.59. The molecule has 0 bridgehead atoms. The van der Waals surface area contributed by atoms with Gasteiger partial charge >= 0.3 is 0 Å². The first-order valence-corrected chi connectivity index (χ1v) is 12.6. The van der Waals surface area contributed by atoms with Gasteiger partial charge in [-0.2, -0.15) is 5.10 Å². The fraction of sp³-hybridized carbons (Fsp3) is 0.423. The number of oxazole rings is 1. The van der Waals surface area contributed by atoms with Crippen LogP contribution in [-0.4, -0.2) is 52.5 Å². The fourth-order valence-corrected chi connectivity index (χ4v) is 5.11. The number of rotatable bonds is 6. The van der Waals surface area contributed by atoms with Crippen molar-refractivity contribution in [3.63, 3.8) is 0 Å². The van der Waals surface area contributed by atoms with Gasteiger partial charge in [-0.25, -0.2) is 9.97 Å². The SMILES string of the molecule is Nc1ncc(-c2cnn(C3CCNCC3)c2)cc1-c1nc2cccc(NCC3CCNCC3)c2o1. The summed E-state index contributed by atoms with van der Waals surface area (Å²) >= 11 is 0. The van der Waals surface area contributed by atoms with Crippen molar-refractivity contribution >= 4 is 22.6 Å². The van der Waals surface area contributed by atoms with E-state index in [1.165, 1.54) is 12.8 Å². The predicted octanol–water partition coefficient (Wildman–Crippen LogP) is 3.67. The summed E-state index contributed by atoms with van der Waals surface area (Å²) in [4.78, 5) is 9.20. The van der Waals surface area contributed by atoms with Gasteiger partial charge in [0.05, 0.1) is 23.5 Å². The number of benzene rings is 1. The van der Waals surface area contributed by atoms with Crippen LogP contribution in [0.15, 0.2) is 47.3 Å². The second-order valence-corrected chi connectivity index (χ2v) is 9.59. The molecule has 0 radical (unpaired) electrons. The van der Waals surface area contributed by atoms with E-state index in [4.69, 9.17) is 15.1 Å². The van der Waals surface area contributed by atoms with Crippen LogP contribution in [-0.2, 0) is 0 Å². The molecule has 35 heavy (non-hydrogen) atoms. The first-order valence-electron chi connectivity index (χ1n) is 12.6. The minimum Gasteiger partial charge on any atom is -0.434 e. The number of nitrogens with two attached hydrogens (primary N) is 1. The number of piperidine rings is 2. The van der Waals surface area contributed by atoms with Gasteiger partial charge in [0.2, 0.25) is 5.89 Å². The normalized spacial score (nSPS) is 17.7. The molecule has 2 aliphatic rings. The maximum Gasteiger partial charge on any atom is 0.231 e. The van der Waals surface area contributed by atoms with Crippen molar-refractivity contribution in [3.8, 4) is 22.6 Å². The average Bonchev–Trinajstić information content (AvgIpc) is 3.57. The zero-order valence-electron chi connectivity index (χ0n) is 19.8. The van der Waals surface area contributed by atoms with E-state index >= 15 is 0 Å². The number of nitrogens with one attached hydrogen (secondary N) is 3. The Labute approximate surface area is 204 Å². The Balaban J connectivity index is 1.27. The van der Waals surface area contributed by atoms with E-state index in [1.54, 1.807) is 6.20 Å². The lowest BCUT2D eigenvalue weighted by atomic mass is 9.98. The molecule has 0 aliphatic carbocycles. The monoisotopic (exact) mass is 472 g/mol. The van der Waals surface area contributed by atoms with E-state index in [2.05, 4.69) is 36.9 Å². The van der Waals surface area contributed by atoms with Gasteiger partial charge in [-0.05, 0) is 76.0 Å². The van der Waals surface area contributed by atoms with Gasteiger partial charge in [-0.3, -0.25) is 4.68 Å². The predicted molar refractivity (Wildman–Crippen MR) is 138 cm³/mol. The van der Waals surface area contributed by atoms with Crippen LogP contribution >= 0.6 is 0 Å². The number of fused-ring (bicyclic) bond motifs is 1. The largest absolute Gasteiger partial charge is 0.434 e. The fourth-order valence-electron chi connectivity index (χ4n) is 5.11. The van der Waals surface area contributed by atoms with Gasteiger partial charge < -0.3 is 26.1 Å². The third-order valence-electron chi connectivity index (χ3n) is 7.22. The van der Waals surface area contributed by atoms with Gasteiger partial charge in [0.1, 0.15) is 11.3 Å². The summed E-state index contributed by atoms with van der Waals surface area (Å²) in [6.45, 7) is 5.15. The molecule has 2 aliphatic heterocycles. The molecule has 4 aromatic rings. The lowest BCUT2D eigenvalue weighted by Crippen LogP contribution is -2.31. The summed E-state index contributed by atoms with van der Waals surface area (Å²) in [6.07, 6.45) is 10.3. The van der Waals surface area contributed by atoms with Gasteiger partial charge in [-0.1, -0.05) is 6.07 Å². The molecular formula is C26H32N8O. The summed E-state index contributed by atoms with van der Waals surface area (Å²) in [5.41, 5.74) is 11.4. The number of aromatic nitrogens is 4. The Bertz CT molecular complexity index is 1300. The number of para-hydroxylation sites is 1. The van der Waals surface area contributed by atoms with E-state index in [0.29, 0.717) is 29.2 Å². The summed E-state index contributed by atoms with van der Waals surface area (Å²) in [7, 11) is 0. The summed E-state index contributed by atoms with van der Waals surface area (Å²) < 4.78 is 8.34. The molecule has 0 atom stereocenters. The lowest BCUT2D eigenvalue weighted by molar-refractivity contribution is 0.343. The Morgan fingerprint density at radius 2 is 1.83 bits per heavy atom. The van der Waals surface area contributed by atoms with Crippen molar-refractivity contribution in [1.29, 1.82) is 0 Å². The molecule has 9 heteroatoms. The number of hydrogen-bond acceptors (Lipinski definition) is 8. The average molecular weight is 473 g/mol. The van der Waals surface area contributed by atoms with Gasteiger partial charge in [-0.15, -0.1) is 0 Å². The molecule has 0 amide bonds. The third kappa shape index (κ3) is 4.61. The smallest absolute Gasteiger partial charge is 0.231 e. The van der Waals surface area contributed by atoms with Crippen molar-refractivity contribution in [2.75, 3.05) is 43.8 Å². The topological polar surface area (TPSA) is 119 Å². The quantitative estimate of drug-likeness (QED) is 0.336. The van der Waals surface area contributed by atoms with E-state index in [9.17, 15) is 0 Å². The van der Waals surface area contributed by atoms with Crippen LogP contribution in [0, 0.1) is 5.92 Å². The number of nitrogen functional groups attached to an aromatic ring is 1. The third-order valence-corrected chi connectivity index (χ3v) is 7.22. The van der Waals surface area contributed by atoms with Crippen LogP contribution in [0.25, 0.3) is 33.7 Å². The van der Waals surface area contributed by atoms with Gasteiger partial charge in [0, 0.05) is 30.1 Å². The van der Waals surface area contributed by atoms with Crippen molar-refractivity contribution in [2.24, 2.45) is 5.92 Å². The Hall–Kier alpha value is -3.43. The second kappa shape index (κ2) is 9.67. The minimum absolute atomic E-state index is 0.398. The Kier molecular flexibility index (Phi) is 6.10. The molecule has 1 aromatic carbocycles. The zero-order chi connectivity index (χ0) is 23.6. The molecule has 0 unspecified atom stereocenters. The number of nitrogens with zero attached hydrogens (tertiary/aromatic N) is 4. The molecule has 0 saturated carbocycles. The van der Waals surface area contributed by atoms with Crippen molar-refractivity contribution in [3.05, 3.63) is 42.9 Å². The molecule has 182 valence electrons. The highest BCUT2D eigenvalue weighted by Crippen LogP contribution is 2.34. The summed E-state index contributed by atoms with van der Waals surface area (Å²) in [5, 5.41) is 15.0. The molecule has 9 nitrogen and oxygen atoms in total. The van der Waals surface area contributed by atoms with Crippen molar-refractivity contribution < 1.29 is 4.42 Å². The van der Waals surface area contributed by atoms with E-state index in [-0.39, 0.29) is 0 Å². The highest BCUT2D eigenvalue weighted by Gasteiger charge is 2.19. The van der Waals surface area contributed by atoms with Crippen LogP contribution < -0.4 is 21.7 Å². The number of hydrogen-bond donors (Lipinski definition) is 4. The van der Waals surface area contributed by atoms with Crippen molar-refractivity contribution in [1.82, 2.24) is 30.4 Å². The Morgan fingerprint density at radius 1 is 1.03 bits per heavy atom. The first kappa shape index (κ1) is 22.1. The molecule has 0 spiro atoms. The summed E-state index contributed by atoms with van der Waals surface area (Å²) in [5.74, 6) is 1.54. The standard InChI is InChI=1S/C26H32N8O/c27-25-21(12-18(14-31-25)19-15-32-34(16-19)20-6-10-29-11-7-20)26-33-23-3-1-2-22(24(23)35-26)30-13-17-4-8-28-9-5-17/h1-3,12,14-17,20,28-30H,4-11,13H2,(H2,27,31). The van der Waals surface area contributed by atoms with Crippen LogP contribution in [0.3, 0.4) is 0 Å². The van der Waals surface area contributed by atoms with Crippen LogP contribution in [0.1, 0.15) is 31.7 Å². The lowest BCUT2D eigenvalue weighted by Gasteiger charge is -2.23.